The number of amides is 1. The molecule has 1 saturated carbocycles. The average molecular weight is 304 g/mol. The molecule has 2 N–H and O–H groups in total. The highest BCUT2D eigenvalue weighted by Gasteiger charge is 2.26. The van der Waals surface area contributed by atoms with Crippen LogP contribution in [0.5, 0.6) is 0 Å². The zero-order valence-corrected chi connectivity index (χ0v) is 13.7. The zero-order valence-electron chi connectivity index (χ0n) is 12.9. The molecule has 0 bridgehead atoms. The Labute approximate surface area is 131 Å². The minimum atomic E-state index is 0.225. The molecule has 1 aromatic heterocycles. The van der Waals surface area contributed by atoms with Gasteiger partial charge in [-0.3, -0.25) is 4.79 Å². The molecule has 21 heavy (non-hydrogen) atoms. The fraction of sp³-hybridized carbons (Fsp3) is 0.588. The maximum absolute atomic E-state index is 12.5. The van der Waals surface area contributed by atoms with E-state index in [1.807, 2.05) is 17.3 Å². The highest BCUT2D eigenvalue weighted by atomic mass is 32.1. The van der Waals surface area contributed by atoms with Crippen LogP contribution in [0.1, 0.15) is 43.0 Å². The fourth-order valence-corrected chi connectivity index (χ4v) is 3.68. The van der Waals surface area contributed by atoms with Crippen LogP contribution in [0.25, 0.3) is 0 Å². The lowest BCUT2D eigenvalue weighted by atomic mass is 9.82. The van der Waals surface area contributed by atoms with Crippen molar-refractivity contribution in [2.45, 2.75) is 39.2 Å². The van der Waals surface area contributed by atoms with E-state index >= 15 is 0 Å². The van der Waals surface area contributed by atoms with Crippen molar-refractivity contribution in [3.8, 4) is 11.8 Å². The maximum atomic E-state index is 12.5. The van der Waals surface area contributed by atoms with E-state index in [0.29, 0.717) is 19.0 Å². The van der Waals surface area contributed by atoms with Gasteiger partial charge < -0.3 is 10.6 Å². The van der Waals surface area contributed by atoms with Crippen molar-refractivity contribution in [2.75, 3.05) is 13.6 Å². The predicted molar refractivity (Wildman–Crippen MR) is 87.8 cm³/mol. The van der Waals surface area contributed by atoms with Gasteiger partial charge in [-0.25, -0.2) is 0 Å². The molecule has 1 aliphatic rings. The summed E-state index contributed by atoms with van der Waals surface area (Å²) >= 11 is 1.66. The number of nitrogens with zero attached hydrogens (tertiary/aromatic N) is 1. The van der Waals surface area contributed by atoms with E-state index in [9.17, 15) is 4.79 Å². The molecule has 0 spiro atoms. The second kappa shape index (κ2) is 7.63. The number of carbonyl (C=O) groups is 1. The Morgan fingerprint density at radius 3 is 2.81 bits per heavy atom. The summed E-state index contributed by atoms with van der Waals surface area (Å²) in [5.41, 5.74) is 6.37. The molecule has 0 aromatic carbocycles. The Morgan fingerprint density at radius 1 is 1.43 bits per heavy atom. The molecule has 1 heterocycles. The summed E-state index contributed by atoms with van der Waals surface area (Å²) in [5, 5.41) is 2.03. The Hall–Kier alpha value is -1.31. The Balaban J connectivity index is 1.89. The van der Waals surface area contributed by atoms with Crippen LogP contribution in [-0.2, 0) is 11.3 Å². The molecule has 0 radical (unpaired) electrons. The molecule has 0 unspecified atom stereocenters. The average Bonchev–Trinajstić information content (AvgIpc) is 2.92. The largest absolute Gasteiger partial charge is 0.340 e. The highest BCUT2D eigenvalue weighted by molar-refractivity contribution is 7.10. The van der Waals surface area contributed by atoms with Crippen LogP contribution >= 0.6 is 11.3 Å². The molecule has 0 aliphatic heterocycles. The third kappa shape index (κ3) is 4.59. The summed E-state index contributed by atoms with van der Waals surface area (Å²) in [7, 11) is 1.91. The first-order valence-corrected chi connectivity index (χ1v) is 8.49. The lowest BCUT2D eigenvalue weighted by molar-refractivity contribution is -0.136. The van der Waals surface area contributed by atoms with Crippen LogP contribution < -0.4 is 5.73 Å². The first kappa shape index (κ1) is 16.1. The standard InChI is InChI=1S/C17H24N2OS/c1-13-5-7-15(8-6-13)17(20)19(2)11-16-10-14(12-21-16)4-3-9-18/h10,12-13,15H,5-9,11,18H2,1-2H3. The Morgan fingerprint density at radius 2 is 2.14 bits per heavy atom. The predicted octanol–water partition coefficient (Wildman–Crippen LogP) is 2.84. The molecule has 3 nitrogen and oxygen atoms in total. The molecule has 2 rings (SSSR count). The van der Waals surface area contributed by atoms with E-state index in [2.05, 4.69) is 24.8 Å². The third-order valence-corrected chi connectivity index (χ3v) is 5.04. The summed E-state index contributed by atoms with van der Waals surface area (Å²) in [4.78, 5) is 15.5. The molecule has 1 aromatic rings. The van der Waals surface area contributed by atoms with Crippen molar-refractivity contribution >= 4 is 17.2 Å². The molecule has 1 aliphatic carbocycles. The van der Waals surface area contributed by atoms with Gasteiger partial charge in [0.1, 0.15) is 0 Å². The van der Waals surface area contributed by atoms with Crippen molar-refractivity contribution in [2.24, 2.45) is 17.6 Å². The van der Waals surface area contributed by atoms with Gasteiger partial charge >= 0.3 is 0 Å². The summed E-state index contributed by atoms with van der Waals surface area (Å²) in [6, 6.07) is 2.06. The van der Waals surface area contributed by atoms with Crippen LogP contribution in [0.2, 0.25) is 0 Å². The first-order chi connectivity index (χ1) is 10.1. The molecule has 4 heteroatoms. The van der Waals surface area contributed by atoms with Gasteiger partial charge in [0.25, 0.3) is 0 Å². The summed E-state index contributed by atoms with van der Waals surface area (Å²) < 4.78 is 0. The number of carbonyl (C=O) groups excluding carboxylic acids is 1. The topological polar surface area (TPSA) is 46.3 Å². The molecule has 114 valence electrons. The van der Waals surface area contributed by atoms with Gasteiger partial charge in [-0.05, 0) is 37.7 Å². The quantitative estimate of drug-likeness (QED) is 0.873. The zero-order chi connectivity index (χ0) is 15.2. The van der Waals surface area contributed by atoms with Crippen molar-refractivity contribution in [1.82, 2.24) is 4.90 Å². The van der Waals surface area contributed by atoms with E-state index in [4.69, 9.17) is 5.73 Å². The minimum Gasteiger partial charge on any atom is -0.340 e. The fourth-order valence-electron chi connectivity index (χ4n) is 2.81. The van der Waals surface area contributed by atoms with E-state index < -0.39 is 0 Å². The van der Waals surface area contributed by atoms with Crippen LogP contribution in [0.15, 0.2) is 11.4 Å². The summed E-state index contributed by atoms with van der Waals surface area (Å²) in [5.74, 6) is 7.18. The summed E-state index contributed by atoms with van der Waals surface area (Å²) in [6.07, 6.45) is 4.45. The van der Waals surface area contributed by atoms with Crippen molar-refractivity contribution < 1.29 is 4.79 Å². The van der Waals surface area contributed by atoms with Gasteiger partial charge in [-0.1, -0.05) is 18.8 Å². The molecule has 0 atom stereocenters. The van der Waals surface area contributed by atoms with Gasteiger partial charge in [-0.15, -0.1) is 11.3 Å². The maximum Gasteiger partial charge on any atom is 0.225 e. The van der Waals surface area contributed by atoms with E-state index in [1.165, 1.54) is 17.7 Å². The number of hydrogen-bond acceptors (Lipinski definition) is 3. The SMILES string of the molecule is CC1CCC(C(=O)N(C)Cc2cc(C#CCN)cs2)CC1. The van der Waals surface area contributed by atoms with E-state index in [-0.39, 0.29) is 5.92 Å². The second-order valence-electron chi connectivity index (χ2n) is 5.96. The Kier molecular flexibility index (Phi) is 5.84. The number of hydrogen-bond donors (Lipinski definition) is 1. The lowest BCUT2D eigenvalue weighted by Crippen LogP contribution is -2.34. The van der Waals surface area contributed by atoms with Gasteiger partial charge in [0, 0.05) is 28.8 Å². The second-order valence-corrected chi connectivity index (χ2v) is 6.95. The van der Waals surface area contributed by atoms with Crippen molar-refractivity contribution in [3.05, 3.63) is 21.9 Å². The summed E-state index contributed by atoms with van der Waals surface area (Å²) in [6.45, 7) is 3.34. The smallest absolute Gasteiger partial charge is 0.225 e. The molecular formula is C17H24N2OS. The number of nitrogens with two attached hydrogens (primary N) is 1. The highest BCUT2D eigenvalue weighted by Crippen LogP contribution is 2.29. The van der Waals surface area contributed by atoms with Gasteiger partial charge in [-0.2, -0.15) is 0 Å². The van der Waals surface area contributed by atoms with Crippen LogP contribution in [-0.4, -0.2) is 24.4 Å². The van der Waals surface area contributed by atoms with Crippen LogP contribution in [0, 0.1) is 23.7 Å². The molecule has 1 fully saturated rings. The van der Waals surface area contributed by atoms with Crippen molar-refractivity contribution in [3.63, 3.8) is 0 Å². The number of rotatable bonds is 3. The lowest BCUT2D eigenvalue weighted by Gasteiger charge is -2.28. The van der Waals surface area contributed by atoms with Crippen LogP contribution in [0.3, 0.4) is 0 Å². The molecule has 0 saturated heterocycles. The normalized spacial score (nSPS) is 21.5. The van der Waals surface area contributed by atoms with Gasteiger partial charge in [0.15, 0.2) is 0 Å². The van der Waals surface area contributed by atoms with Gasteiger partial charge in [0.05, 0.1) is 13.1 Å². The molecular weight excluding hydrogens is 280 g/mol. The van der Waals surface area contributed by atoms with Crippen LogP contribution in [0.4, 0.5) is 0 Å². The molecule has 1 amide bonds. The van der Waals surface area contributed by atoms with E-state index in [0.717, 1.165) is 24.3 Å². The Bertz CT molecular complexity index is 532. The monoisotopic (exact) mass is 304 g/mol. The minimum absolute atomic E-state index is 0.225. The third-order valence-electron chi connectivity index (χ3n) is 4.12. The van der Waals surface area contributed by atoms with Gasteiger partial charge in [0.2, 0.25) is 5.91 Å². The van der Waals surface area contributed by atoms with Crippen molar-refractivity contribution in [1.29, 1.82) is 0 Å². The number of thiophene rings is 1. The first-order valence-electron chi connectivity index (χ1n) is 7.61. The van der Waals surface area contributed by atoms with E-state index in [1.54, 1.807) is 11.3 Å².